The third-order valence-electron chi connectivity index (χ3n) is 2.59. The van der Waals surface area contributed by atoms with Crippen LogP contribution >= 0.6 is 0 Å². The zero-order valence-electron chi connectivity index (χ0n) is 12.3. The molecule has 0 aliphatic heterocycles. The van der Waals surface area contributed by atoms with Gasteiger partial charge in [-0.3, -0.25) is 0 Å². The van der Waals surface area contributed by atoms with Crippen LogP contribution in [0, 0.1) is 11.8 Å². The monoisotopic (exact) mass is 277 g/mol. The van der Waals surface area contributed by atoms with Crippen LogP contribution in [0.25, 0.3) is 0 Å². The van der Waals surface area contributed by atoms with Gasteiger partial charge >= 0.3 is 0 Å². The maximum atomic E-state index is 5.59. The largest absolute Gasteiger partial charge is 0.496 e. The number of hydrogen-bond donors (Lipinski definition) is 1. The molecule has 0 bridgehead atoms. The van der Waals surface area contributed by atoms with Gasteiger partial charge < -0.3 is 19.9 Å². The van der Waals surface area contributed by atoms with Gasteiger partial charge in [-0.15, -0.1) is 0 Å². The van der Waals surface area contributed by atoms with Crippen LogP contribution < -0.4 is 10.5 Å². The molecule has 1 aromatic rings. The predicted octanol–water partition coefficient (Wildman–Crippen LogP) is 1.95. The van der Waals surface area contributed by atoms with Crippen LogP contribution in [0.3, 0.4) is 0 Å². The van der Waals surface area contributed by atoms with E-state index in [-0.39, 0.29) is 0 Å². The highest BCUT2D eigenvalue weighted by Crippen LogP contribution is 2.20. The van der Waals surface area contributed by atoms with E-state index in [9.17, 15) is 0 Å². The van der Waals surface area contributed by atoms with Gasteiger partial charge in [0, 0.05) is 17.7 Å². The third-order valence-corrected chi connectivity index (χ3v) is 2.59. The maximum absolute atomic E-state index is 5.59. The summed E-state index contributed by atoms with van der Waals surface area (Å²) in [6.45, 7) is 4.88. The Hall–Kier alpha value is -1.54. The van der Waals surface area contributed by atoms with Gasteiger partial charge in [0.15, 0.2) is 0 Å². The van der Waals surface area contributed by atoms with Crippen LogP contribution in [0.2, 0.25) is 0 Å². The minimum absolute atomic E-state index is 0.354. The Balaban J connectivity index is 2.53. The quantitative estimate of drug-likeness (QED) is 0.583. The van der Waals surface area contributed by atoms with E-state index in [1.165, 1.54) is 0 Å². The van der Waals surface area contributed by atoms with Gasteiger partial charge in [0.1, 0.15) is 5.75 Å². The third kappa shape index (κ3) is 6.07. The molecule has 0 aliphatic carbocycles. The van der Waals surface area contributed by atoms with Crippen molar-refractivity contribution in [1.29, 1.82) is 0 Å². The van der Waals surface area contributed by atoms with Crippen molar-refractivity contribution in [3.63, 3.8) is 0 Å². The average molecular weight is 277 g/mol. The first-order valence-electron chi connectivity index (χ1n) is 6.83. The maximum Gasteiger partial charge on any atom is 0.124 e. The summed E-state index contributed by atoms with van der Waals surface area (Å²) in [6.07, 6.45) is 1.02. The summed E-state index contributed by atoms with van der Waals surface area (Å²) >= 11 is 0. The molecular formula is C16H23NO3. The summed E-state index contributed by atoms with van der Waals surface area (Å²) in [5.41, 5.74) is 7.26. The van der Waals surface area contributed by atoms with Gasteiger partial charge in [-0.05, 0) is 24.6 Å². The Morgan fingerprint density at radius 1 is 1.15 bits per heavy atom. The van der Waals surface area contributed by atoms with E-state index in [0.717, 1.165) is 29.9 Å². The highest BCUT2D eigenvalue weighted by atomic mass is 16.5. The molecule has 4 heteroatoms. The van der Waals surface area contributed by atoms with E-state index in [1.54, 1.807) is 7.11 Å². The van der Waals surface area contributed by atoms with E-state index < -0.39 is 0 Å². The summed E-state index contributed by atoms with van der Waals surface area (Å²) in [7, 11) is 1.65. The lowest BCUT2D eigenvalue weighted by Crippen LogP contribution is -2.05. The molecule has 1 rings (SSSR count). The number of methoxy groups -OCH3 is 1. The second kappa shape index (κ2) is 10.3. The molecule has 0 fully saturated rings. The van der Waals surface area contributed by atoms with Gasteiger partial charge in [-0.25, -0.2) is 0 Å². The van der Waals surface area contributed by atoms with Gasteiger partial charge in [0.05, 0.1) is 33.5 Å². The molecule has 0 saturated carbocycles. The van der Waals surface area contributed by atoms with Gasteiger partial charge in [0.2, 0.25) is 0 Å². The molecule has 0 unspecified atom stereocenters. The Labute approximate surface area is 121 Å². The van der Waals surface area contributed by atoms with Crippen molar-refractivity contribution in [2.45, 2.75) is 20.0 Å². The minimum Gasteiger partial charge on any atom is -0.496 e. The summed E-state index contributed by atoms with van der Waals surface area (Å²) in [4.78, 5) is 0. The lowest BCUT2D eigenvalue weighted by Gasteiger charge is -2.10. The second-order valence-electron chi connectivity index (χ2n) is 4.20. The van der Waals surface area contributed by atoms with E-state index >= 15 is 0 Å². The predicted molar refractivity (Wildman–Crippen MR) is 79.7 cm³/mol. The Bertz CT molecular complexity index is 449. The topological polar surface area (TPSA) is 53.7 Å². The van der Waals surface area contributed by atoms with Crippen LogP contribution in [0.4, 0.5) is 0 Å². The molecule has 0 atom stereocenters. The lowest BCUT2D eigenvalue weighted by atomic mass is 10.1. The fourth-order valence-corrected chi connectivity index (χ4v) is 1.67. The molecule has 4 nitrogen and oxygen atoms in total. The smallest absolute Gasteiger partial charge is 0.124 e. The van der Waals surface area contributed by atoms with Crippen molar-refractivity contribution in [3.05, 3.63) is 29.3 Å². The Kier molecular flexibility index (Phi) is 8.48. The lowest BCUT2D eigenvalue weighted by molar-refractivity contribution is 0.0402. The molecule has 0 amide bonds. The molecular weight excluding hydrogens is 254 g/mol. The first kappa shape index (κ1) is 16.5. The van der Waals surface area contributed by atoms with Crippen molar-refractivity contribution >= 4 is 0 Å². The van der Waals surface area contributed by atoms with Gasteiger partial charge in [0.25, 0.3) is 0 Å². The second-order valence-corrected chi connectivity index (χ2v) is 4.20. The zero-order chi connectivity index (χ0) is 14.6. The van der Waals surface area contributed by atoms with Crippen molar-refractivity contribution in [1.82, 2.24) is 0 Å². The van der Waals surface area contributed by atoms with E-state index in [1.807, 2.05) is 18.2 Å². The first-order valence-corrected chi connectivity index (χ1v) is 6.83. The van der Waals surface area contributed by atoms with Crippen molar-refractivity contribution in [2.75, 3.05) is 33.5 Å². The van der Waals surface area contributed by atoms with E-state index in [0.29, 0.717) is 26.4 Å². The summed E-state index contributed by atoms with van der Waals surface area (Å²) in [5, 5.41) is 0. The summed E-state index contributed by atoms with van der Waals surface area (Å²) in [6, 6.07) is 5.77. The van der Waals surface area contributed by atoms with Crippen LogP contribution in [0.15, 0.2) is 18.2 Å². The average Bonchev–Trinajstić information content (AvgIpc) is 2.48. The summed E-state index contributed by atoms with van der Waals surface area (Å²) < 4.78 is 16.3. The fourth-order valence-electron chi connectivity index (χ4n) is 1.67. The molecule has 1 aromatic carbocycles. The van der Waals surface area contributed by atoms with E-state index in [4.69, 9.17) is 19.9 Å². The van der Waals surface area contributed by atoms with Crippen LogP contribution in [0.5, 0.6) is 5.75 Å². The van der Waals surface area contributed by atoms with Crippen molar-refractivity contribution in [2.24, 2.45) is 5.73 Å². The number of ether oxygens (including phenoxy) is 3. The molecule has 20 heavy (non-hydrogen) atoms. The molecule has 110 valence electrons. The highest BCUT2D eigenvalue weighted by molar-refractivity contribution is 5.44. The van der Waals surface area contributed by atoms with Crippen LogP contribution in [0.1, 0.15) is 24.5 Å². The highest BCUT2D eigenvalue weighted by Gasteiger charge is 2.04. The van der Waals surface area contributed by atoms with E-state index in [2.05, 4.69) is 18.8 Å². The van der Waals surface area contributed by atoms with Gasteiger partial charge in [-0.1, -0.05) is 18.8 Å². The van der Waals surface area contributed by atoms with Crippen molar-refractivity contribution < 1.29 is 14.2 Å². The standard InChI is InChI=1S/C16H23NO3/c1-3-9-19-10-11-20-13-15-12-14(5-4-8-17)6-7-16(15)18-2/h6-7,12H,3,8-11,13,17H2,1-2H3. The molecule has 0 spiro atoms. The molecule has 0 saturated heterocycles. The minimum atomic E-state index is 0.354. The molecule has 0 radical (unpaired) electrons. The molecule has 0 heterocycles. The molecule has 0 aromatic heterocycles. The zero-order valence-corrected chi connectivity index (χ0v) is 12.3. The molecule has 0 aliphatic rings. The number of benzene rings is 1. The number of nitrogens with two attached hydrogens (primary N) is 1. The first-order chi connectivity index (χ1) is 9.81. The van der Waals surface area contributed by atoms with Gasteiger partial charge in [-0.2, -0.15) is 0 Å². The SMILES string of the molecule is CCCOCCOCc1cc(C#CCN)ccc1OC. The normalized spacial score (nSPS) is 9.95. The Morgan fingerprint density at radius 3 is 2.65 bits per heavy atom. The Morgan fingerprint density at radius 2 is 1.95 bits per heavy atom. The number of rotatable bonds is 8. The van der Waals surface area contributed by atoms with Crippen LogP contribution in [-0.2, 0) is 16.1 Å². The van der Waals surface area contributed by atoms with Crippen LogP contribution in [-0.4, -0.2) is 33.5 Å². The molecule has 2 N–H and O–H groups in total. The number of hydrogen-bond acceptors (Lipinski definition) is 4. The van der Waals surface area contributed by atoms with Crippen molar-refractivity contribution in [3.8, 4) is 17.6 Å². The fraction of sp³-hybridized carbons (Fsp3) is 0.500. The summed E-state index contributed by atoms with van der Waals surface area (Å²) in [5.74, 6) is 6.64.